The third kappa shape index (κ3) is 2.82. The monoisotopic (exact) mass is 275 g/mol. The van der Waals surface area contributed by atoms with E-state index in [1.165, 1.54) is 25.1 Å². The van der Waals surface area contributed by atoms with Crippen molar-refractivity contribution in [3.63, 3.8) is 0 Å². The van der Waals surface area contributed by atoms with E-state index < -0.39 is 4.92 Å². The zero-order valence-electron chi connectivity index (χ0n) is 11.1. The highest BCUT2D eigenvalue weighted by Crippen LogP contribution is 2.27. The first-order valence-corrected chi connectivity index (χ1v) is 6.01. The maximum atomic E-state index is 11.4. The second kappa shape index (κ2) is 5.52. The van der Waals surface area contributed by atoms with Gasteiger partial charge in [0.15, 0.2) is 11.5 Å². The Hall–Kier alpha value is -2.70. The zero-order chi connectivity index (χ0) is 14.7. The topological polar surface area (TPSA) is 87.3 Å². The second-order valence-electron chi connectivity index (χ2n) is 4.13. The van der Waals surface area contributed by atoms with Gasteiger partial charge in [0.05, 0.1) is 22.9 Å². The van der Waals surface area contributed by atoms with E-state index in [0.717, 1.165) is 0 Å². The molecule has 0 aliphatic carbocycles. The molecule has 0 bridgehead atoms. The number of aryl methyl sites for hydroxylation is 1. The standard InChI is InChI=1S/C13H13N3O4/c1-3-15-8-11(7-14-15)20-10-4-5-13(16(18)19)12(6-10)9(2)17/h4-8H,3H2,1-2H3. The molecule has 20 heavy (non-hydrogen) atoms. The first-order valence-electron chi connectivity index (χ1n) is 6.01. The number of ether oxygens (including phenoxy) is 1. The number of nitrogens with zero attached hydrogens (tertiary/aromatic N) is 3. The highest BCUT2D eigenvalue weighted by atomic mass is 16.6. The van der Waals surface area contributed by atoms with Gasteiger partial charge in [-0.15, -0.1) is 0 Å². The molecular weight excluding hydrogens is 262 g/mol. The number of nitro benzene ring substituents is 1. The summed E-state index contributed by atoms with van der Waals surface area (Å²) in [7, 11) is 0. The Morgan fingerprint density at radius 3 is 2.75 bits per heavy atom. The van der Waals surface area contributed by atoms with Crippen LogP contribution in [0.5, 0.6) is 11.5 Å². The summed E-state index contributed by atoms with van der Waals surface area (Å²) in [6.07, 6.45) is 3.24. The summed E-state index contributed by atoms with van der Waals surface area (Å²) >= 11 is 0. The number of benzene rings is 1. The quantitative estimate of drug-likeness (QED) is 0.475. The van der Waals surface area contributed by atoms with Crippen molar-refractivity contribution < 1.29 is 14.5 Å². The maximum absolute atomic E-state index is 11.4. The van der Waals surface area contributed by atoms with Crippen LogP contribution in [0.4, 0.5) is 5.69 Å². The number of hydrogen-bond donors (Lipinski definition) is 0. The summed E-state index contributed by atoms with van der Waals surface area (Å²) < 4.78 is 7.22. The van der Waals surface area contributed by atoms with E-state index in [-0.39, 0.29) is 17.0 Å². The van der Waals surface area contributed by atoms with Crippen molar-refractivity contribution in [3.8, 4) is 11.5 Å². The third-order valence-electron chi connectivity index (χ3n) is 2.71. The number of ketones is 1. The highest BCUT2D eigenvalue weighted by Gasteiger charge is 2.18. The van der Waals surface area contributed by atoms with Crippen molar-refractivity contribution in [3.05, 3.63) is 46.3 Å². The van der Waals surface area contributed by atoms with Gasteiger partial charge in [0.2, 0.25) is 0 Å². The lowest BCUT2D eigenvalue weighted by Gasteiger charge is -2.05. The average Bonchev–Trinajstić information content (AvgIpc) is 2.86. The summed E-state index contributed by atoms with van der Waals surface area (Å²) in [5.74, 6) is 0.484. The predicted octanol–water partition coefficient (Wildman–Crippen LogP) is 2.81. The van der Waals surface area contributed by atoms with Crippen LogP contribution in [-0.4, -0.2) is 20.5 Å². The smallest absolute Gasteiger partial charge is 0.280 e. The van der Waals surface area contributed by atoms with Crippen LogP contribution in [0.2, 0.25) is 0 Å². The molecule has 7 heteroatoms. The SMILES string of the molecule is CCn1cc(Oc2ccc([N+](=O)[O-])c(C(C)=O)c2)cn1. The van der Waals surface area contributed by atoms with Crippen LogP contribution in [0.1, 0.15) is 24.2 Å². The Bertz CT molecular complexity index is 663. The fourth-order valence-electron chi connectivity index (χ4n) is 1.73. The minimum absolute atomic E-state index is 0.0235. The van der Waals surface area contributed by atoms with Crippen molar-refractivity contribution in [1.82, 2.24) is 9.78 Å². The lowest BCUT2D eigenvalue weighted by Crippen LogP contribution is -2.00. The Labute approximate surface area is 114 Å². The fourth-order valence-corrected chi connectivity index (χ4v) is 1.73. The van der Waals surface area contributed by atoms with Gasteiger partial charge in [0, 0.05) is 12.6 Å². The number of carbonyl (C=O) groups is 1. The molecule has 1 heterocycles. The molecule has 104 valence electrons. The van der Waals surface area contributed by atoms with Crippen molar-refractivity contribution in [2.75, 3.05) is 0 Å². The Morgan fingerprint density at radius 2 is 2.20 bits per heavy atom. The molecule has 0 fully saturated rings. The van der Waals surface area contributed by atoms with Crippen LogP contribution in [0.3, 0.4) is 0 Å². The number of carbonyl (C=O) groups excluding carboxylic acids is 1. The second-order valence-corrected chi connectivity index (χ2v) is 4.13. The van der Waals surface area contributed by atoms with Crippen LogP contribution >= 0.6 is 0 Å². The predicted molar refractivity (Wildman–Crippen MR) is 71.1 cm³/mol. The summed E-state index contributed by atoms with van der Waals surface area (Å²) in [5.41, 5.74) is -0.204. The molecule has 0 saturated carbocycles. The molecule has 1 aromatic heterocycles. The van der Waals surface area contributed by atoms with Gasteiger partial charge in [0.1, 0.15) is 5.75 Å². The maximum Gasteiger partial charge on any atom is 0.280 e. The van der Waals surface area contributed by atoms with Gasteiger partial charge in [-0.2, -0.15) is 5.10 Å². The first kappa shape index (κ1) is 13.7. The van der Waals surface area contributed by atoms with E-state index >= 15 is 0 Å². The number of aromatic nitrogens is 2. The largest absolute Gasteiger partial charge is 0.454 e. The molecule has 7 nitrogen and oxygen atoms in total. The first-order chi connectivity index (χ1) is 9.51. The Balaban J connectivity index is 2.31. The van der Waals surface area contributed by atoms with E-state index in [9.17, 15) is 14.9 Å². The molecule has 0 amide bonds. The summed E-state index contributed by atoms with van der Waals surface area (Å²) in [6, 6.07) is 4.08. The summed E-state index contributed by atoms with van der Waals surface area (Å²) in [5, 5.41) is 14.9. The van der Waals surface area contributed by atoms with E-state index in [2.05, 4.69) is 5.10 Å². The normalized spacial score (nSPS) is 10.3. The van der Waals surface area contributed by atoms with E-state index in [1.807, 2.05) is 6.92 Å². The molecule has 0 spiro atoms. The number of rotatable bonds is 5. The van der Waals surface area contributed by atoms with Gasteiger partial charge in [-0.3, -0.25) is 19.6 Å². The summed E-state index contributed by atoms with van der Waals surface area (Å²) in [6.45, 7) is 3.93. The molecule has 0 N–H and O–H groups in total. The van der Waals surface area contributed by atoms with Crippen molar-refractivity contribution in [1.29, 1.82) is 0 Å². The van der Waals surface area contributed by atoms with Gasteiger partial charge in [-0.25, -0.2) is 0 Å². The van der Waals surface area contributed by atoms with Crippen molar-refractivity contribution >= 4 is 11.5 Å². The number of nitro groups is 1. The zero-order valence-corrected chi connectivity index (χ0v) is 11.1. The Morgan fingerprint density at radius 1 is 1.45 bits per heavy atom. The molecule has 0 atom stereocenters. The fraction of sp³-hybridized carbons (Fsp3) is 0.231. The van der Waals surface area contributed by atoms with Crippen molar-refractivity contribution in [2.45, 2.75) is 20.4 Å². The molecule has 0 saturated heterocycles. The summed E-state index contributed by atoms with van der Waals surface area (Å²) in [4.78, 5) is 21.7. The minimum Gasteiger partial charge on any atom is -0.454 e. The van der Waals surface area contributed by atoms with Crippen LogP contribution in [0.25, 0.3) is 0 Å². The molecule has 1 aromatic carbocycles. The molecule has 0 unspecified atom stereocenters. The van der Waals surface area contributed by atoms with Gasteiger partial charge in [-0.05, 0) is 26.0 Å². The van der Waals surface area contributed by atoms with Crippen LogP contribution in [-0.2, 0) is 6.54 Å². The molecule has 0 radical (unpaired) electrons. The van der Waals surface area contributed by atoms with Gasteiger partial charge < -0.3 is 4.74 Å². The van der Waals surface area contributed by atoms with Crippen LogP contribution in [0.15, 0.2) is 30.6 Å². The lowest BCUT2D eigenvalue weighted by molar-refractivity contribution is -0.385. The van der Waals surface area contributed by atoms with Gasteiger partial charge in [0.25, 0.3) is 5.69 Å². The average molecular weight is 275 g/mol. The Kier molecular flexibility index (Phi) is 3.79. The number of Topliss-reactive ketones (excluding diaryl/α,β-unsaturated/α-hetero) is 1. The lowest BCUT2D eigenvalue weighted by atomic mass is 10.1. The molecular formula is C13H13N3O4. The van der Waals surface area contributed by atoms with Crippen molar-refractivity contribution in [2.24, 2.45) is 0 Å². The molecule has 2 aromatic rings. The van der Waals surface area contributed by atoms with Gasteiger partial charge in [-0.1, -0.05) is 0 Å². The van der Waals surface area contributed by atoms with Gasteiger partial charge >= 0.3 is 0 Å². The minimum atomic E-state index is -0.588. The number of hydrogen-bond acceptors (Lipinski definition) is 5. The molecule has 0 aliphatic heterocycles. The van der Waals surface area contributed by atoms with E-state index in [1.54, 1.807) is 17.1 Å². The third-order valence-corrected chi connectivity index (χ3v) is 2.71. The highest BCUT2D eigenvalue weighted by molar-refractivity contribution is 5.98. The van der Waals surface area contributed by atoms with Crippen LogP contribution < -0.4 is 4.74 Å². The van der Waals surface area contributed by atoms with Crippen LogP contribution in [0, 0.1) is 10.1 Å². The molecule has 2 rings (SSSR count). The van der Waals surface area contributed by atoms with E-state index in [0.29, 0.717) is 18.0 Å². The molecule has 0 aliphatic rings. The van der Waals surface area contributed by atoms with E-state index in [4.69, 9.17) is 4.74 Å².